The van der Waals surface area contributed by atoms with Crippen molar-refractivity contribution >= 4 is 21.4 Å². The monoisotopic (exact) mass is 313 g/mol. The van der Waals surface area contributed by atoms with Crippen LogP contribution in [0.4, 0.5) is 11.4 Å². The Morgan fingerprint density at radius 2 is 1.86 bits per heavy atom. The molecule has 1 fully saturated rings. The molecule has 0 spiro atoms. The van der Waals surface area contributed by atoms with E-state index in [1.807, 2.05) is 0 Å². The van der Waals surface area contributed by atoms with Crippen LogP contribution in [0, 0.1) is 17.0 Å². The fraction of sp³-hybridized carbons (Fsp3) is 0.538. The Morgan fingerprint density at radius 3 is 2.33 bits per heavy atom. The molecule has 2 rings (SSSR count). The van der Waals surface area contributed by atoms with Gasteiger partial charge in [-0.05, 0) is 26.0 Å². The number of sulfonamides is 1. The standard InChI is InChI=1S/C13H19N3O4S/c1-3-21(19,20)15-8-6-14(7-9-15)12-4-5-13(16(17)18)11(2)10-12/h4-5,10H,3,6-9H2,1-2H3. The van der Waals surface area contributed by atoms with Crippen molar-refractivity contribution in [1.29, 1.82) is 0 Å². The zero-order chi connectivity index (χ0) is 15.6. The van der Waals surface area contributed by atoms with Crippen molar-refractivity contribution < 1.29 is 13.3 Å². The summed E-state index contributed by atoms with van der Waals surface area (Å²) in [5.41, 5.74) is 1.61. The minimum absolute atomic E-state index is 0.103. The average Bonchev–Trinajstić information content (AvgIpc) is 2.47. The maximum atomic E-state index is 11.8. The predicted octanol–water partition coefficient (Wildman–Crippen LogP) is 1.37. The molecule has 1 aromatic carbocycles. The van der Waals surface area contributed by atoms with E-state index >= 15 is 0 Å². The van der Waals surface area contributed by atoms with Gasteiger partial charge in [-0.1, -0.05) is 0 Å². The lowest BCUT2D eigenvalue weighted by atomic mass is 10.1. The van der Waals surface area contributed by atoms with E-state index in [0.717, 1.165) is 5.69 Å². The highest BCUT2D eigenvalue weighted by Crippen LogP contribution is 2.25. The number of piperazine rings is 1. The van der Waals surface area contributed by atoms with Crippen molar-refractivity contribution in [2.45, 2.75) is 13.8 Å². The van der Waals surface area contributed by atoms with E-state index in [9.17, 15) is 18.5 Å². The molecule has 8 heteroatoms. The number of benzene rings is 1. The zero-order valence-electron chi connectivity index (χ0n) is 12.2. The Labute approximate surface area is 124 Å². The smallest absolute Gasteiger partial charge is 0.272 e. The molecule has 0 N–H and O–H groups in total. The van der Waals surface area contributed by atoms with Gasteiger partial charge in [0.1, 0.15) is 0 Å². The molecule has 0 aromatic heterocycles. The summed E-state index contributed by atoms with van der Waals surface area (Å²) in [7, 11) is -3.14. The zero-order valence-corrected chi connectivity index (χ0v) is 13.0. The van der Waals surface area contributed by atoms with E-state index in [-0.39, 0.29) is 11.4 Å². The molecule has 0 unspecified atom stereocenters. The van der Waals surface area contributed by atoms with Crippen molar-refractivity contribution in [3.63, 3.8) is 0 Å². The Bertz CT molecular complexity index is 637. The molecule has 0 aliphatic carbocycles. The highest BCUT2D eigenvalue weighted by Gasteiger charge is 2.26. The summed E-state index contributed by atoms with van der Waals surface area (Å²) in [4.78, 5) is 12.5. The minimum atomic E-state index is -3.14. The summed E-state index contributed by atoms with van der Waals surface area (Å²) in [6, 6.07) is 5.00. The summed E-state index contributed by atoms with van der Waals surface area (Å²) in [6.07, 6.45) is 0. The van der Waals surface area contributed by atoms with Gasteiger partial charge >= 0.3 is 0 Å². The topological polar surface area (TPSA) is 83.8 Å². The van der Waals surface area contributed by atoms with Gasteiger partial charge in [-0.15, -0.1) is 0 Å². The molecule has 1 saturated heterocycles. The average molecular weight is 313 g/mol. The van der Waals surface area contributed by atoms with Crippen molar-refractivity contribution in [2.24, 2.45) is 0 Å². The maximum Gasteiger partial charge on any atom is 0.272 e. The fourth-order valence-corrected chi connectivity index (χ4v) is 3.53. The van der Waals surface area contributed by atoms with Crippen LogP contribution < -0.4 is 4.90 Å². The molecular weight excluding hydrogens is 294 g/mol. The molecule has 0 radical (unpaired) electrons. The first kappa shape index (κ1) is 15.7. The lowest BCUT2D eigenvalue weighted by molar-refractivity contribution is -0.385. The second-order valence-electron chi connectivity index (χ2n) is 5.01. The van der Waals surface area contributed by atoms with Crippen LogP contribution >= 0.6 is 0 Å². The Balaban J connectivity index is 2.09. The van der Waals surface area contributed by atoms with E-state index < -0.39 is 14.9 Å². The van der Waals surface area contributed by atoms with Crippen molar-refractivity contribution in [1.82, 2.24) is 4.31 Å². The first-order chi connectivity index (χ1) is 9.85. The largest absolute Gasteiger partial charge is 0.369 e. The van der Waals surface area contributed by atoms with Gasteiger partial charge in [0.05, 0.1) is 10.7 Å². The molecular formula is C13H19N3O4S. The number of nitro benzene ring substituents is 1. The Morgan fingerprint density at radius 1 is 1.24 bits per heavy atom. The van der Waals surface area contributed by atoms with Gasteiger partial charge in [0.15, 0.2) is 0 Å². The molecule has 21 heavy (non-hydrogen) atoms. The second-order valence-corrected chi connectivity index (χ2v) is 7.27. The van der Waals surface area contributed by atoms with Crippen LogP contribution in [0.1, 0.15) is 12.5 Å². The number of hydrogen-bond acceptors (Lipinski definition) is 5. The third-order valence-electron chi connectivity index (χ3n) is 3.74. The van der Waals surface area contributed by atoms with Gasteiger partial charge in [-0.2, -0.15) is 4.31 Å². The molecule has 0 saturated carbocycles. The normalized spacial score (nSPS) is 17.0. The van der Waals surface area contributed by atoms with Crippen LogP contribution in [-0.2, 0) is 10.0 Å². The van der Waals surface area contributed by atoms with E-state index in [1.165, 1.54) is 10.4 Å². The van der Waals surface area contributed by atoms with Crippen LogP contribution in [-0.4, -0.2) is 49.6 Å². The quantitative estimate of drug-likeness (QED) is 0.619. The summed E-state index contributed by atoms with van der Waals surface area (Å²) in [5.74, 6) is 0.115. The Hall–Kier alpha value is -1.67. The van der Waals surface area contributed by atoms with Crippen molar-refractivity contribution in [3.05, 3.63) is 33.9 Å². The van der Waals surface area contributed by atoms with Gasteiger partial charge in [0.25, 0.3) is 5.69 Å². The number of nitro groups is 1. The van der Waals surface area contributed by atoms with E-state index in [0.29, 0.717) is 31.7 Å². The second kappa shape index (κ2) is 5.98. The Kier molecular flexibility index (Phi) is 4.48. The lowest BCUT2D eigenvalue weighted by Crippen LogP contribution is -2.49. The molecule has 0 amide bonds. The summed E-state index contributed by atoms with van der Waals surface area (Å²) < 4.78 is 25.1. The van der Waals surface area contributed by atoms with Crippen LogP contribution in [0.25, 0.3) is 0 Å². The van der Waals surface area contributed by atoms with E-state index in [4.69, 9.17) is 0 Å². The van der Waals surface area contributed by atoms with Gasteiger partial charge in [-0.25, -0.2) is 8.42 Å². The molecule has 1 aliphatic heterocycles. The maximum absolute atomic E-state index is 11.8. The van der Waals surface area contributed by atoms with Crippen molar-refractivity contribution in [3.8, 4) is 0 Å². The summed E-state index contributed by atoms with van der Waals surface area (Å²) >= 11 is 0. The van der Waals surface area contributed by atoms with Crippen LogP contribution in [0.15, 0.2) is 18.2 Å². The molecule has 0 atom stereocenters. The highest BCUT2D eigenvalue weighted by molar-refractivity contribution is 7.89. The molecule has 0 bridgehead atoms. The predicted molar refractivity (Wildman–Crippen MR) is 81.1 cm³/mol. The number of hydrogen-bond donors (Lipinski definition) is 0. The summed E-state index contributed by atoms with van der Waals surface area (Å²) in [5, 5.41) is 10.8. The minimum Gasteiger partial charge on any atom is -0.369 e. The van der Waals surface area contributed by atoms with Gasteiger partial charge in [0, 0.05) is 43.5 Å². The van der Waals surface area contributed by atoms with Crippen LogP contribution in [0.3, 0.4) is 0 Å². The number of anilines is 1. The van der Waals surface area contributed by atoms with Gasteiger partial charge in [0.2, 0.25) is 10.0 Å². The first-order valence-corrected chi connectivity index (χ1v) is 8.44. The number of nitrogens with zero attached hydrogens (tertiary/aromatic N) is 3. The molecule has 116 valence electrons. The molecule has 1 heterocycles. The van der Waals surface area contributed by atoms with E-state index in [1.54, 1.807) is 26.0 Å². The van der Waals surface area contributed by atoms with Gasteiger partial charge in [-0.3, -0.25) is 10.1 Å². The number of aryl methyl sites for hydroxylation is 1. The van der Waals surface area contributed by atoms with Crippen LogP contribution in [0.5, 0.6) is 0 Å². The molecule has 1 aliphatic rings. The fourth-order valence-electron chi connectivity index (χ4n) is 2.45. The third-order valence-corrected chi connectivity index (χ3v) is 5.62. The van der Waals surface area contributed by atoms with E-state index in [2.05, 4.69) is 4.90 Å². The molecule has 7 nitrogen and oxygen atoms in total. The third kappa shape index (κ3) is 3.33. The van der Waals surface area contributed by atoms with Gasteiger partial charge < -0.3 is 4.90 Å². The van der Waals surface area contributed by atoms with Crippen molar-refractivity contribution in [2.75, 3.05) is 36.8 Å². The first-order valence-electron chi connectivity index (χ1n) is 6.83. The lowest BCUT2D eigenvalue weighted by Gasteiger charge is -2.35. The number of rotatable bonds is 4. The summed E-state index contributed by atoms with van der Waals surface area (Å²) in [6.45, 7) is 5.44. The SMILES string of the molecule is CCS(=O)(=O)N1CCN(c2ccc([N+](=O)[O-])c(C)c2)CC1. The van der Waals surface area contributed by atoms with Crippen LogP contribution in [0.2, 0.25) is 0 Å². The highest BCUT2D eigenvalue weighted by atomic mass is 32.2. The molecule has 1 aromatic rings.